The maximum atomic E-state index is 8.98. The van der Waals surface area contributed by atoms with Crippen molar-refractivity contribution in [3.63, 3.8) is 0 Å². The van der Waals surface area contributed by atoms with E-state index < -0.39 is 0 Å². The van der Waals surface area contributed by atoms with Crippen LogP contribution in [-0.4, -0.2) is 36.2 Å². The van der Waals surface area contributed by atoms with Crippen molar-refractivity contribution in [3.8, 4) is 0 Å². The summed E-state index contributed by atoms with van der Waals surface area (Å²) in [7, 11) is 0. The molecular weight excluding hydrogens is 222 g/mol. The van der Waals surface area contributed by atoms with E-state index in [0.717, 1.165) is 26.1 Å². The maximum Gasteiger partial charge on any atom is 0.0483 e. The fraction of sp³-hybridized carbons (Fsp3) is 0.375. The van der Waals surface area contributed by atoms with Crippen LogP contribution in [0.25, 0.3) is 10.8 Å². The van der Waals surface area contributed by atoms with Gasteiger partial charge in [-0.2, -0.15) is 0 Å². The molecule has 0 aromatic heterocycles. The Balaban J connectivity index is 1.61. The molecule has 0 spiro atoms. The standard InChI is InChI=1S/C16H19NO/c18-12-14-10-17(11-14)8-7-13-5-6-15-3-1-2-4-16(15)9-13/h1-6,9,14,18H,7-8,10-12H2. The summed E-state index contributed by atoms with van der Waals surface area (Å²) in [6.07, 6.45) is 1.10. The van der Waals surface area contributed by atoms with Crippen LogP contribution in [0.2, 0.25) is 0 Å². The number of likely N-dealkylation sites (tertiary alicyclic amines) is 1. The van der Waals surface area contributed by atoms with Gasteiger partial charge in [0, 0.05) is 32.2 Å². The van der Waals surface area contributed by atoms with Crippen LogP contribution in [0.1, 0.15) is 5.56 Å². The van der Waals surface area contributed by atoms with Gasteiger partial charge in [-0.3, -0.25) is 0 Å². The van der Waals surface area contributed by atoms with E-state index in [0.29, 0.717) is 12.5 Å². The number of nitrogens with zero attached hydrogens (tertiary/aromatic N) is 1. The summed E-state index contributed by atoms with van der Waals surface area (Å²) in [4.78, 5) is 2.41. The van der Waals surface area contributed by atoms with Gasteiger partial charge in [0.15, 0.2) is 0 Å². The summed E-state index contributed by atoms with van der Waals surface area (Å²) >= 11 is 0. The van der Waals surface area contributed by atoms with Crippen molar-refractivity contribution in [2.75, 3.05) is 26.2 Å². The third kappa shape index (κ3) is 2.40. The van der Waals surface area contributed by atoms with E-state index >= 15 is 0 Å². The van der Waals surface area contributed by atoms with Crippen LogP contribution in [0.3, 0.4) is 0 Å². The molecular formula is C16H19NO. The molecule has 0 atom stereocenters. The fourth-order valence-corrected chi connectivity index (χ4v) is 2.66. The van der Waals surface area contributed by atoms with E-state index in [4.69, 9.17) is 5.11 Å². The molecule has 0 radical (unpaired) electrons. The number of fused-ring (bicyclic) bond motifs is 1. The van der Waals surface area contributed by atoms with Crippen LogP contribution in [0.15, 0.2) is 42.5 Å². The van der Waals surface area contributed by atoms with Crippen LogP contribution in [-0.2, 0) is 6.42 Å². The van der Waals surface area contributed by atoms with Gasteiger partial charge in [0.25, 0.3) is 0 Å². The zero-order valence-electron chi connectivity index (χ0n) is 10.5. The van der Waals surface area contributed by atoms with Crippen LogP contribution in [0.4, 0.5) is 0 Å². The number of hydrogen-bond donors (Lipinski definition) is 1. The molecule has 18 heavy (non-hydrogen) atoms. The van der Waals surface area contributed by atoms with E-state index in [9.17, 15) is 0 Å². The van der Waals surface area contributed by atoms with Gasteiger partial charge in [-0.25, -0.2) is 0 Å². The molecule has 2 heteroatoms. The van der Waals surface area contributed by atoms with Gasteiger partial charge in [-0.1, -0.05) is 42.5 Å². The van der Waals surface area contributed by atoms with Gasteiger partial charge in [0.1, 0.15) is 0 Å². The van der Waals surface area contributed by atoms with E-state index in [1.54, 1.807) is 0 Å². The molecule has 0 aliphatic carbocycles. The normalized spacial score (nSPS) is 16.9. The summed E-state index contributed by atoms with van der Waals surface area (Å²) < 4.78 is 0. The van der Waals surface area contributed by atoms with Crippen LogP contribution >= 0.6 is 0 Å². The highest BCUT2D eigenvalue weighted by Crippen LogP contribution is 2.18. The van der Waals surface area contributed by atoms with Crippen molar-refractivity contribution in [1.29, 1.82) is 0 Å². The zero-order valence-corrected chi connectivity index (χ0v) is 10.5. The minimum atomic E-state index is 0.340. The number of aliphatic hydroxyl groups is 1. The van der Waals surface area contributed by atoms with Gasteiger partial charge in [0.05, 0.1) is 0 Å². The van der Waals surface area contributed by atoms with Gasteiger partial charge in [-0.05, 0) is 22.8 Å². The number of benzene rings is 2. The predicted octanol–water partition coefficient (Wildman–Crippen LogP) is 2.31. The highest BCUT2D eigenvalue weighted by Gasteiger charge is 2.24. The average Bonchev–Trinajstić information content (AvgIpc) is 2.37. The highest BCUT2D eigenvalue weighted by atomic mass is 16.3. The molecule has 1 aliphatic rings. The monoisotopic (exact) mass is 241 g/mol. The fourth-order valence-electron chi connectivity index (χ4n) is 2.66. The second-order valence-corrected chi connectivity index (χ2v) is 5.24. The van der Waals surface area contributed by atoms with Crippen LogP contribution < -0.4 is 0 Å². The number of hydrogen-bond acceptors (Lipinski definition) is 2. The van der Waals surface area contributed by atoms with Crippen molar-refractivity contribution in [2.45, 2.75) is 6.42 Å². The molecule has 1 aliphatic heterocycles. The van der Waals surface area contributed by atoms with Crippen molar-refractivity contribution >= 4 is 10.8 Å². The summed E-state index contributed by atoms with van der Waals surface area (Å²) in [6.45, 7) is 3.56. The Kier molecular flexibility index (Phi) is 3.31. The first-order valence-corrected chi connectivity index (χ1v) is 6.66. The quantitative estimate of drug-likeness (QED) is 0.888. The molecule has 3 rings (SSSR count). The Morgan fingerprint density at radius 1 is 1.06 bits per heavy atom. The van der Waals surface area contributed by atoms with Crippen molar-refractivity contribution in [1.82, 2.24) is 4.90 Å². The van der Waals surface area contributed by atoms with Crippen molar-refractivity contribution in [2.24, 2.45) is 5.92 Å². The van der Waals surface area contributed by atoms with Gasteiger partial charge in [-0.15, -0.1) is 0 Å². The first-order valence-electron chi connectivity index (χ1n) is 6.66. The summed E-state index contributed by atoms with van der Waals surface area (Å²) in [6, 6.07) is 15.2. The molecule has 1 heterocycles. The molecule has 1 fully saturated rings. The summed E-state index contributed by atoms with van der Waals surface area (Å²) in [5.74, 6) is 0.515. The summed E-state index contributed by atoms with van der Waals surface area (Å²) in [5.41, 5.74) is 1.40. The summed E-state index contributed by atoms with van der Waals surface area (Å²) in [5, 5.41) is 11.6. The predicted molar refractivity (Wildman–Crippen MR) is 74.7 cm³/mol. The Morgan fingerprint density at radius 3 is 2.61 bits per heavy atom. The minimum Gasteiger partial charge on any atom is -0.396 e. The van der Waals surface area contributed by atoms with Gasteiger partial charge < -0.3 is 10.0 Å². The Bertz CT molecular complexity index is 531. The van der Waals surface area contributed by atoms with E-state index in [1.807, 2.05) is 0 Å². The topological polar surface area (TPSA) is 23.5 Å². The van der Waals surface area contributed by atoms with Crippen LogP contribution in [0, 0.1) is 5.92 Å². The Labute approximate surface area is 108 Å². The molecule has 0 bridgehead atoms. The van der Waals surface area contributed by atoms with Gasteiger partial charge in [0.2, 0.25) is 0 Å². The molecule has 94 valence electrons. The third-order valence-electron chi connectivity index (χ3n) is 3.82. The van der Waals surface area contributed by atoms with Gasteiger partial charge >= 0.3 is 0 Å². The Morgan fingerprint density at radius 2 is 1.83 bits per heavy atom. The zero-order chi connectivity index (χ0) is 12.4. The SMILES string of the molecule is OCC1CN(CCc2ccc3ccccc3c2)C1. The second kappa shape index (κ2) is 5.09. The second-order valence-electron chi connectivity index (χ2n) is 5.24. The molecule has 0 unspecified atom stereocenters. The first-order chi connectivity index (χ1) is 8.85. The lowest BCUT2D eigenvalue weighted by Crippen LogP contribution is -2.48. The van der Waals surface area contributed by atoms with Crippen molar-refractivity contribution in [3.05, 3.63) is 48.0 Å². The lowest BCUT2D eigenvalue weighted by Gasteiger charge is -2.38. The molecule has 2 aromatic rings. The third-order valence-corrected chi connectivity index (χ3v) is 3.82. The largest absolute Gasteiger partial charge is 0.396 e. The molecule has 0 saturated carbocycles. The van der Waals surface area contributed by atoms with E-state index in [1.165, 1.54) is 16.3 Å². The number of rotatable bonds is 4. The lowest BCUT2D eigenvalue weighted by molar-refractivity contribution is 0.0551. The molecule has 1 saturated heterocycles. The molecule has 2 aromatic carbocycles. The highest BCUT2D eigenvalue weighted by molar-refractivity contribution is 5.82. The smallest absolute Gasteiger partial charge is 0.0483 e. The van der Waals surface area contributed by atoms with E-state index in [-0.39, 0.29) is 0 Å². The number of aliphatic hydroxyl groups excluding tert-OH is 1. The van der Waals surface area contributed by atoms with Crippen molar-refractivity contribution < 1.29 is 5.11 Å². The maximum absolute atomic E-state index is 8.98. The first kappa shape index (κ1) is 11.7. The van der Waals surface area contributed by atoms with E-state index in [2.05, 4.69) is 47.4 Å². The van der Waals surface area contributed by atoms with Crippen LogP contribution in [0.5, 0.6) is 0 Å². The average molecular weight is 241 g/mol. The Hall–Kier alpha value is -1.38. The minimum absolute atomic E-state index is 0.340. The molecule has 0 amide bonds. The molecule has 2 nitrogen and oxygen atoms in total. The lowest BCUT2D eigenvalue weighted by atomic mass is 10.00. The molecule has 1 N–H and O–H groups in total.